The number of unbranched alkanes of at least 4 members (excludes halogenated alkanes) is 1. The summed E-state index contributed by atoms with van der Waals surface area (Å²) in [5.41, 5.74) is 7.74. The van der Waals surface area contributed by atoms with Crippen molar-refractivity contribution in [1.29, 1.82) is 0 Å². The lowest BCUT2D eigenvalue weighted by molar-refractivity contribution is -0.0168. The summed E-state index contributed by atoms with van der Waals surface area (Å²) in [6.07, 6.45) is 7.55. The maximum Gasteiger partial charge on any atom is 0.267 e. The summed E-state index contributed by atoms with van der Waals surface area (Å²) in [5, 5.41) is 10.6. The summed E-state index contributed by atoms with van der Waals surface area (Å²) in [7, 11) is 0. The van der Waals surface area contributed by atoms with Gasteiger partial charge in [-0.2, -0.15) is 0 Å². The topological polar surface area (TPSA) is 107 Å². The first-order chi connectivity index (χ1) is 16.9. The molecule has 1 heterocycles. The molecule has 0 saturated heterocycles. The van der Waals surface area contributed by atoms with E-state index in [1.807, 2.05) is 67.7 Å². The average molecular weight is 492 g/mol. The highest BCUT2D eigenvalue weighted by Gasteiger charge is 2.31. The molecule has 3 N–H and O–H groups in total. The van der Waals surface area contributed by atoms with Gasteiger partial charge in [-0.1, -0.05) is 49.8 Å². The van der Waals surface area contributed by atoms with Gasteiger partial charge in [-0.15, -0.1) is 0 Å². The van der Waals surface area contributed by atoms with Crippen LogP contribution < -0.4 is 5.73 Å². The molecule has 0 radical (unpaired) electrons. The molecule has 7 heteroatoms. The number of carbonyl (C=O) groups excluding carboxylic acids is 2. The summed E-state index contributed by atoms with van der Waals surface area (Å²) in [4.78, 5) is 28.6. The predicted octanol–water partition coefficient (Wildman–Crippen LogP) is 4.50. The van der Waals surface area contributed by atoms with Crippen LogP contribution in [0.3, 0.4) is 0 Å². The third kappa shape index (κ3) is 6.30. The number of imidazole rings is 1. The minimum atomic E-state index is -1.30. The van der Waals surface area contributed by atoms with E-state index < -0.39 is 23.2 Å². The molecule has 0 bridgehead atoms. The van der Waals surface area contributed by atoms with Crippen LogP contribution in [-0.4, -0.2) is 38.2 Å². The molecular weight excluding hydrogens is 454 g/mol. The lowest BCUT2D eigenvalue weighted by Crippen LogP contribution is -2.30. The first-order valence-corrected chi connectivity index (χ1v) is 12.4. The monoisotopic (exact) mass is 491 g/mol. The zero-order chi connectivity index (χ0) is 26.7. The number of aryl methyl sites for hydroxylation is 1. The van der Waals surface area contributed by atoms with Crippen molar-refractivity contribution in [2.24, 2.45) is 5.73 Å². The summed E-state index contributed by atoms with van der Waals surface area (Å²) < 4.78 is 8.02. The summed E-state index contributed by atoms with van der Waals surface area (Å²) in [5.74, 6) is 2.13. The molecule has 2 aromatic rings. The minimum Gasteiger partial charge on any atom is -0.384 e. The Morgan fingerprint density at radius 1 is 1.19 bits per heavy atom. The Labute approximate surface area is 213 Å². The van der Waals surface area contributed by atoms with Crippen LogP contribution in [-0.2, 0) is 28.1 Å². The Morgan fingerprint density at radius 3 is 2.39 bits per heavy atom. The number of benzene rings is 1. The van der Waals surface area contributed by atoms with Gasteiger partial charge in [0.15, 0.2) is 0 Å². The van der Waals surface area contributed by atoms with E-state index >= 15 is 0 Å². The number of carbonyl (C=O) groups is 1. The standard InChI is InChI=1S/C29H37N3O4/c1-7-8-12-23-31-26(29(5,6)35)24(27(30)34)32(23)17-19-13-15-20(16-14-19)22-11-9-10-21(18-33)25(22)36-28(2,3)4/h9-11,13-16,25,35H,7-8,12,17H2,1-6H3,(H2,30,34). The van der Waals surface area contributed by atoms with Crippen molar-refractivity contribution in [3.8, 4) is 0 Å². The number of amides is 1. The average Bonchev–Trinajstić information content (AvgIpc) is 3.16. The van der Waals surface area contributed by atoms with Gasteiger partial charge in [0.2, 0.25) is 0 Å². The van der Waals surface area contributed by atoms with Crippen LogP contribution in [0, 0.1) is 0 Å². The van der Waals surface area contributed by atoms with Crippen LogP contribution in [0.5, 0.6) is 0 Å². The van der Waals surface area contributed by atoms with Gasteiger partial charge < -0.3 is 20.1 Å². The van der Waals surface area contributed by atoms with Crippen molar-refractivity contribution in [2.75, 3.05) is 0 Å². The fourth-order valence-corrected chi connectivity index (χ4v) is 4.27. The number of nitrogens with zero attached hydrogens (tertiary/aromatic N) is 2. The molecule has 192 valence electrons. The van der Waals surface area contributed by atoms with Crippen molar-refractivity contribution >= 4 is 17.4 Å². The highest BCUT2D eigenvalue weighted by atomic mass is 16.5. The van der Waals surface area contributed by atoms with Crippen LogP contribution in [0.4, 0.5) is 0 Å². The minimum absolute atomic E-state index is 0.234. The van der Waals surface area contributed by atoms with Crippen LogP contribution in [0.2, 0.25) is 0 Å². The lowest BCUT2D eigenvalue weighted by atomic mass is 9.90. The van der Waals surface area contributed by atoms with Gasteiger partial charge in [0.05, 0.1) is 11.2 Å². The Morgan fingerprint density at radius 2 is 1.86 bits per heavy atom. The second kappa shape index (κ2) is 10.8. The Kier molecular flexibility index (Phi) is 8.19. The number of ether oxygens (including phenoxy) is 1. The number of allylic oxidation sites excluding steroid dienone is 2. The Bertz CT molecular complexity index is 1210. The molecule has 1 amide bonds. The van der Waals surface area contributed by atoms with Crippen LogP contribution in [0.25, 0.3) is 5.57 Å². The fourth-order valence-electron chi connectivity index (χ4n) is 4.27. The normalized spacial score (nSPS) is 16.1. The summed E-state index contributed by atoms with van der Waals surface area (Å²) in [6, 6.07) is 7.91. The molecule has 1 aromatic carbocycles. The highest BCUT2D eigenvalue weighted by Crippen LogP contribution is 2.32. The molecule has 36 heavy (non-hydrogen) atoms. The molecule has 0 spiro atoms. The molecule has 0 saturated carbocycles. The fraction of sp³-hybridized carbons (Fsp3) is 0.448. The molecule has 0 fully saturated rings. The lowest BCUT2D eigenvalue weighted by Gasteiger charge is -2.30. The van der Waals surface area contributed by atoms with E-state index in [9.17, 15) is 14.7 Å². The van der Waals surface area contributed by atoms with Gasteiger partial charge in [0.25, 0.3) is 5.91 Å². The zero-order valence-corrected chi connectivity index (χ0v) is 22.1. The molecule has 3 rings (SSSR count). The SMILES string of the molecule is CCCCc1nc(C(C)(C)O)c(C(N)=O)n1Cc1ccc(C2=CC=CC(=C=O)C2OC(C)(C)C)cc1. The van der Waals surface area contributed by atoms with Crippen LogP contribution >= 0.6 is 0 Å². The second-order valence-electron chi connectivity index (χ2n) is 10.7. The molecule has 1 aliphatic carbocycles. The summed E-state index contributed by atoms with van der Waals surface area (Å²) >= 11 is 0. The Balaban J connectivity index is 1.98. The van der Waals surface area contributed by atoms with E-state index in [0.29, 0.717) is 24.2 Å². The second-order valence-corrected chi connectivity index (χ2v) is 10.7. The van der Waals surface area contributed by atoms with Crippen molar-refractivity contribution in [2.45, 2.75) is 84.7 Å². The zero-order valence-electron chi connectivity index (χ0n) is 22.1. The first kappa shape index (κ1) is 27.3. The van der Waals surface area contributed by atoms with Gasteiger partial charge in [-0.25, -0.2) is 9.78 Å². The highest BCUT2D eigenvalue weighted by molar-refractivity contribution is 5.92. The number of hydrogen-bond donors (Lipinski definition) is 2. The maximum absolute atomic E-state index is 12.4. The molecule has 1 aromatic heterocycles. The van der Waals surface area contributed by atoms with E-state index in [0.717, 1.165) is 35.4 Å². The van der Waals surface area contributed by atoms with E-state index in [-0.39, 0.29) is 5.69 Å². The number of rotatable bonds is 9. The summed E-state index contributed by atoms with van der Waals surface area (Å²) in [6.45, 7) is 11.6. The van der Waals surface area contributed by atoms with Gasteiger partial charge in [0, 0.05) is 13.0 Å². The molecule has 7 nitrogen and oxygen atoms in total. The van der Waals surface area contributed by atoms with Crippen molar-refractivity contribution in [3.63, 3.8) is 0 Å². The van der Waals surface area contributed by atoms with Gasteiger partial charge in [-0.3, -0.25) is 4.79 Å². The number of hydrogen-bond acceptors (Lipinski definition) is 5. The van der Waals surface area contributed by atoms with Crippen LogP contribution in [0.15, 0.2) is 48.1 Å². The third-order valence-electron chi connectivity index (χ3n) is 5.95. The van der Waals surface area contributed by atoms with Crippen molar-refractivity contribution in [3.05, 3.63) is 76.4 Å². The van der Waals surface area contributed by atoms with E-state index in [2.05, 4.69) is 11.9 Å². The smallest absolute Gasteiger partial charge is 0.267 e. The van der Waals surface area contributed by atoms with Crippen LogP contribution in [0.1, 0.15) is 87.5 Å². The van der Waals surface area contributed by atoms with Crippen molar-refractivity contribution in [1.82, 2.24) is 9.55 Å². The quantitative estimate of drug-likeness (QED) is 0.503. The van der Waals surface area contributed by atoms with Gasteiger partial charge in [0.1, 0.15) is 34.9 Å². The predicted molar refractivity (Wildman–Crippen MR) is 141 cm³/mol. The molecule has 1 unspecified atom stereocenters. The Hall–Kier alpha value is -3.25. The maximum atomic E-state index is 12.4. The van der Waals surface area contributed by atoms with E-state index in [1.165, 1.54) is 0 Å². The number of aliphatic hydroxyl groups is 1. The first-order valence-electron chi connectivity index (χ1n) is 12.4. The van der Waals surface area contributed by atoms with Gasteiger partial charge in [-0.05, 0) is 63.8 Å². The molecular formula is C29H37N3O4. The molecule has 0 aliphatic heterocycles. The van der Waals surface area contributed by atoms with Gasteiger partial charge >= 0.3 is 0 Å². The number of primary amides is 1. The van der Waals surface area contributed by atoms with Crippen molar-refractivity contribution < 1.29 is 19.4 Å². The van der Waals surface area contributed by atoms with E-state index in [1.54, 1.807) is 19.9 Å². The number of nitrogens with two attached hydrogens (primary N) is 1. The number of aromatic nitrogens is 2. The molecule has 1 atom stereocenters. The largest absolute Gasteiger partial charge is 0.384 e. The van der Waals surface area contributed by atoms with E-state index in [4.69, 9.17) is 10.5 Å². The molecule has 1 aliphatic rings. The third-order valence-corrected chi connectivity index (χ3v) is 5.95.